The van der Waals surface area contributed by atoms with E-state index in [9.17, 15) is 4.79 Å². The molecule has 0 radical (unpaired) electrons. The minimum atomic E-state index is 0.286. The lowest BCUT2D eigenvalue weighted by molar-refractivity contribution is -0.129. The fourth-order valence-electron chi connectivity index (χ4n) is 5.91. The summed E-state index contributed by atoms with van der Waals surface area (Å²) in [5, 5.41) is 4.95. The molecule has 31 heavy (non-hydrogen) atoms. The van der Waals surface area contributed by atoms with E-state index in [1.165, 1.54) is 51.2 Å². The predicted molar refractivity (Wildman–Crippen MR) is 123 cm³/mol. The topological polar surface area (TPSA) is 42.0 Å². The minimum Gasteiger partial charge on any atom is -0.493 e. The number of ether oxygens (including phenoxy) is 2. The maximum atomic E-state index is 12.5. The number of amides is 1. The van der Waals surface area contributed by atoms with Crippen LogP contribution in [0.4, 0.5) is 5.69 Å². The third-order valence-corrected chi connectivity index (χ3v) is 7.52. The van der Waals surface area contributed by atoms with Gasteiger partial charge >= 0.3 is 0 Å². The normalized spacial score (nSPS) is 20.5. The molecule has 6 rings (SSSR count). The van der Waals surface area contributed by atoms with Crippen molar-refractivity contribution in [2.45, 2.75) is 44.7 Å². The summed E-state index contributed by atoms with van der Waals surface area (Å²) in [4.78, 5) is 17.1. The zero-order valence-corrected chi connectivity index (χ0v) is 18.2. The molecule has 3 heterocycles. The van der Waals surface area contributed by atoms with E-state index in [0.717, 1.165) is 37.4 Å². The van der Waals surface area contributed by atoms with E-state index in [2.05, 4.69) is 40.1 Å². The first-order valence-corrected chi connectivity index (χ1v) is 11.4. The smallest absolute Gasteiger partial charge is 0.223 e. The van der Waals surface area contributed by atoms with Crippen molar-refractivity contribution in [1.29, 1.82) is 0 Å². The monoisotopic (exact) mass is 416 g/mol. The van der Waals surface area contributed by atoms with Crippen LogP contribution in [0.2, 0.25) is 0 Å². The Bertz CT molecular complexity index is 1210. The molecule has 160 valence electrons. The molecule has 3 aliphatic rings. The number of carbonyl (C=O) groups is 1. The zero-order chi connectivity index (χ0) is 21.1. The number of hydrogen-bond donors (Lipinski definition) is 0. The summed E-state index contributed by atoms with van der Waals surface area (Å²) in [6.45, 7) is 2.95. The Morgan fingerprint density at radius 3 is 2.32 bits per heavy atom. The Labute approximate surface area is 182 Å². The highest BCUT2D eigenvalue weighted by atomic mass is 16.5. The first kappa shape index (κ1) is 18.8. The van der Waals surface area contributed by atoms with Gasteiger partial charge < -0.3 is 19.3 Å². The van der Waals surface area contributed by atoms with Gasteiger partial charge in [0.15, 0.2) is 11.5 Å². The van der Waals surface area contributed by atoms with Gasteiger partial charge in [-0.25, -0.2) is 0 Å². The van der Waals surface area contributed by atoms with E-state index in [-0.39, 0.29) is 5.91 Å². The van der Waals surface area contributed by atoms with E-state index in [1.807, 2.05) is 0 Å². The molecule has 1 atom stereocenters. The molecule has 0 saturated carbocycles. The summed E-state index contributed by atoms with van der Waals surface area (Å²) < 4.78 is 11.3. The Morgan fingerprint density at radius 2 is 1.58 bits per heavy atom. The van der Waals surface area contributed by atoms with Crippen LogP contribution in [0.15, 0.2) is 30.3 Å². The molecule has 0 unspecified atom stereocenters. The van der Waals surface area contributed by atoms with Crippen molar-refractivity contribution in [3.63, 3.8) is 0 Å². The summed E-state index contributed by atoms with van der Waals surface area (Å²) in [7, 11) is 3.37. The van der Waals surface area contributed by atoms with E-state index in [0.29, 0.717) is 19.0 Å². The highest BCUT2D eigenvalue weighted by Crippen LogP contribution is 2.44. The second-order valence-electron chi connectivity index (χ2n) is 9.05. The van der Waals surface area contributed by atoms with Crippen molar-refractivity contribution in [1.82, 2.24) is 4.90 Å². The van der Waals surface area contributed by atoms with Gasteiger partial charge in [-0.15, -0.1) is 0 Å². The molecule has 5 heteroatoms. The second kappa shape index (κ2) is 7.04. The second-order valence-corrected chi connectivity index (χ2v) is 9.05. The van der Waals surface area contributed by atoms with Gasteiger partial charge in [-0.3, -0.25) is 4.79 Å². The van der Waals surface area contributed by atoms with Gasteiger partial charge in [-0.05, 0) is 82.6 Å². The van der Waals surface area contributed by atoms with Crippen LogP contribution in [0.3, 0.4) is 0 Å². The molecule has 0 spiro atoms. The largest absolute Gasteiger partial charge is 0.493 e. The van der Waals surface area contributed by atoms with Crippen LogP contribution in [0.1, 0.15) is 36.8 Å². The first-order valence-electron chi connectivity index (χ1n) is 11.4. The van der Waals surface area contributed by atoms with Gasteiger partial charge in [0, 0.05) is 37.8 Å². The molecule has 3 aromatic carbocycles. The molecule has 0 aliphatic carbocycles. The van der Waals surface area contributed by atoms with Crippen molar-refractivity contribution in [2.75, 3.05) is 32.2 Å². The number of anilines is 1. The number of benzene rings is 3. The Hall–Kier alpha value is -2.95. The lowest BCUT2D eigenvalue weighted by Crippen LogP contribution is -2.38. The maximum Gasteiger partial charge on any atom is 0.223 e. The minimum absolute atomic E-state index is 0.286. The Morgan fingerprint density at radius 1 is 0.871 bits per heavy atom. The van der Waals surface area contributed by atoms with E-state index >= 15 is 0 Å². The van der Waals surface area contributed by atoms with Gasteiger partial charge in [0.25, 0.3) is 0 Å². The molecule has 2 fully saturated rings. The zero-order valence-electron chi connectivity index (χ0n) is 18.2. The van der Waals surface area contributed by atoms with Gasteiger partial charge in [-0.1, -0.05) is 6.07 Å². The molecule has 2 saturated heterocycles. The van der Waals surface area contributed by atoms with Gasteiger partial charge in [0.2, 0.25) is 5.91 Å². The summed E-state index contributed by atoms with van der Waals surface area (Å²) in [5.74, 6) is 1.77. The number of methoxy groups -OCH3 is 2. The molecular weight excluding hydrogens is 388 g/mol. The standard InChI is InChI=1S/C26H28N2O3/c1-30-24-13-21-19-11-16(27-9-3-4-10-27)5-7-18(19)20-12-17-6-8-26(29)28(17)15-23(20)22(21)14-25(24)31-2/h5,7,11,13-14,17H,3-4,6,8-10,12,15H2,1-2H3/t17-/m0/s1. The molecule has 1 amide bonds. The molecular formula is C26H28N2O3. The number of fused-ring (bicyclic) bond motifs is 7. The number of nitrogens with zero attached hydrogens (tertiary/aromatic N) is 2. The lowest BCUT2D eigenvalue weighted by atomic mass is 9.85. The summed E-state index contributed by atoms with van der Waals surface area (Å²) in [6.07, 6.45) is 5.10. The van der Waals surface area contributed by atoms with Crippen LogP contribution in [0, 0.1) is 0 Å². The maximum absolute atomic E-state index is 12.5. The van der Waals surface area contributed by atoms with Crippen LogP contribution in [0.5, 0.6) is 11.5 Å². The van der Waals surface area contributed by atoms with Gasteiger partial charge in [-0.2, -0.15) is 0 Å². The first-order chi connectivity index (χ1) is 15.2. The lowest BCUT2D eigenvalue weighted by Gasteiger charge is -2.34. The molecule has 0 bridgehead atoms. The van der Waals surface area contributed by atoms with Gasteiger partial charge in [0.05, 0.1) is 14.2 Å². The van der Waals surface area contributed by atoms with E-state index < -0.39 is 0 Å². The molecule has 3 aliphatic heterocycles. The van der Waals surface area contributed by atoms with E-state index in [4.69, 9.17) is 9.47 Å². The molecule has 0 N–H and O–H groups in total. The van der Waals surface area contributed by atoms with E-state index in [1.54, 1.807) is 14.2 Å². The third-order valence-electron chi connectivity index (χ3n) is 7.52. The van der Waals surface area contributed by atoms with Crippen molar-refractivity contribution < 1.29 is 14.3 Å². The summed E-state index contributed by atoms with van der Waals surface area (Å²) in [6, 6.07) is 11.5. The average Bonchev–Trinajstić information content (AvgIpc) is 3.47. The SMILES string of the molecule is COc1cc2c3c(c4ccc(N5CCCC5)cc4c2cc1OC)C[C@@H]1CCC(=O)N1C3. The van der Waals surface area contributed by atoms with Crippen LogP contribution in [-0.2, 0) is 17.8 Å². The van der Waals surface area contributed by atoms with Crippen molar-refractivity contribution in [3.8, 4) is 11.5 Å². The van der Waals surface area contributed by atoms with Crippen LogP contribution in [-0.4, -0.2) is 44.2 Å². The summed E-state index contributed by atoms with van der Waals surface area (Å²) >= 11 is 0. The van der Waals surface area contributed by atoms with Crippen LogP contribution < -0.4 is 14.4 Å². The predicted octanol–water partition coefficient (Wildman–Crippen LogP) is 4.66. The number of hydrogen-bond acceptors (Lipinski definition) is 4. The molecule has 0 aromatic heterocycles. The highest BCUT2D eigenvalue weighted by Gasteiger charge is 2.36. The number of rotatable bonds is 3. The fourth-order valence-corrected chi connectivity index (χ4v) is 5.91. The fraction of sp³-hybridized carbons (Fsp3) is 0.423. The quantitative estimate of drug-likeness (QED) is 0.583. The third kappa shape index (κ3) is 2.79. The Kier molecular flexibility index (Phi) is 4.27. The molecule has 5 nitrogen and oxygen atoms in total. The number of carbonyl (C=O) groups excluding carboxylic acids is 1. The highest BCUT2D eigenvalue weighted by molar-refractivity contribution is 6.13. The molecule has 3 aromatic rings. The van der Waals surface area contributed by atoms with Gasteiger partial charge in [0.1, 0.15) is 0 Å². The Balaban J connectivity index is 1.65. The van der Waals surface area contributed by atoms with Crippen molar-refractivity contribution in [2.24, 2.45) is 0 Å². The average molecular weight is 417 g/mol. The van der Waals surface area contributed by atoms with Crippen LogP contribution >= 0.6 is 0 Å². The van der Waals surface area contributed by atoms with Crippen LogP contribution in [0.25, 0.3) is 21.5 Å². The van der Waals surface area contributed by atoms with Crippen molar-refractivity contribution >= 4 is 33.1 Å². The van der Waals surface area contributed by atoms with Crippen molar-refractivity contribution in [3.05, 3.63) is 41.5 Å². The summed E-state index contributed by atoms with van der Waals surface area (Å²) in [5.41, 5.74) is 3.97.